The van der Waals surface area contributed by atoms with Gasteiger partial charge in [0, 0.05) is 18.4 Å². The molecule has 174 valence electrons. The molecule has 0 fully saturated rings. The molecule has 1 aromatic carbocycles. The fraction of sp³-hybridized carbons (Fsp3) is 0.238. The summed E-state index contributed by atoms with van der Waals surface area (Å²) in [6, 6.07) is 4.52. The number of rotatable bonds is 3. The van der Waals surface area contributed by atoms with Crippen LogP contribution in [0.1, 0.15) is 44.9 Å². The maximum absolute atomic E-state index is 13.3. The lowest BCUT2D eigenvalue weighted by molar-refractivity contribution is -0.137. The monoisotopic (exact) mass is 497 g/mol. The Morgan fingerprint density at radius 2 is 1.97 bits per heavy atom. The van der Waals surface area contributed by atoms with Gasteiger partial charge in [-0.25, -0.2) is 0 Å². The number of nitrogens with zero attached hydrogens (tertiary/aromatic N) is 4. The molecule has 0 radical (unpaired) electrons. The SMILES string of the molecule is Cc1ccncc1NC(=O)c1cnn2c1C(=O)N(c1ccc(C(F)(F)F)c(Cl)c1)C[C@@H]2C.S. The summed E-state index contributed by atoms with van der Waals surface area (Å²) in [5.41, 5.74) is 0.570. The lowest BCUT2D eigenvalue weighted by Crippen LogP contribution is -2.43. The smallest absolute Gasteiger partial charge is 0.320 e. The normalized spacial score (nSPS) is 15.6. The Hall–Kier alpha value is -3.05. The largest absolute Gasteiger partial charge is 0.417 e. The second-order valence-corrected chi connectivity index (χ2v) is 7.83. The minimum Gasteiger partial charge on any atom is -0.320 e. The first-order chi connectivity index (χ1) is 15.1. The number of fused-ring (bicyclic) bond motifs is 1. The van der Waals surface area contributed by atoms with Crippen LogP contribution in [0, 0.1) is 6.92 Å². The zero-order valence-electron chi connectivity index (χ0n) is 17.4. The van der Waals surface area contributed by atoms with Crippen molar-refractivity contribution < 1.29 is 22.8 Å². The Labute approximate surface area is 199 Å². The highest BCUT2D eigenvalue weighted by atomic mass is 35.5. The summed E-state index contributed by atoms with van der Waals surface area (Å²) in [6.07, 6.45) is -0.230. The minimum atomic E-state index is -4.61. The highest BCUT2D eigenvalue weighted by molar-refractivity contribution is 7.59. The lowest BCUT2D eigenvalue weighted by atomic mass is 10.1. The van der Waals surface area contributed by atoms with Crippen molar-refractivity contribution in [3.63, 3.8) is 0 Å². The van der Waals surface area contributed by atoms with Crippen LogP contribution in [-0.2, 0) is 6.18 Å². The van der Waals surface area contributed by atoms with E-state index in [1.54, 1.807) is 26.1 Å². The summed E-state index contributed by atoms with van der Waals surface area (Å²) in [4.78, 5) is 31.4. The lowest BCUT2D eigenvalue weighted by Gasteiger charge is -2.32. The number of pyridine rings is 1. The van der Waals surface area contributed by atoms with Gasteiger partial charge in [0.1, 0.15) is 5.69 Å². The van der Waals surface area contributed by atoms with Crippen LogP contribution in [0.3, 0.4) is 0 Å². The topological polar surface area (TPSA) is 80.1 Å². The van der Waals surface area contributed by atoms with Crippen LogP contribution in [0.4, 0.5) is 24.5 Å². The Morgan fingerprint density at radius 3 is 2.61 bits per heavy atom. The average Bonchev–Trinajstić information content (AvgIpc) is 3.17. The van der Waals surface area contributed by atoms with E-state index in [9.17, 15) is 22.8 Å². The second kappa shape index (κ2) is 9.06. The van der Waals surface area contributed by atoms with Crippen molar-refractivity contribution in [2.45, 2.75) is 26.1 Å². The van der Waals surface area contributed by atoms with Gasteiger partial charge in [0.25, 0.3) is 11.8 Å². The maximum atomic E-state index is 13.3. The number of carbonyl (C=O) groups excluding carboxylic acids is 2. The van der Waals surface area contributed by atoms with Crippen molar-refractivity contribution >= 4 is 48.3 Å². The van der Waals surface area contributed by atoms with E-state index < -0.39 is 28.6 Å². The standard InChI is InChI=1S/C21H17ClF3N5O2.H2S/c1-11-5-6-26-9-17(11)28-19(31)14-8-27-30-12(2)10-29(20(32)18(14)30)13-3-4-15(16(22)7-13)21(23,24)25;/h3-9,12H,10H2,1-2H3,(H,28,31);1H2/t12-;/m0./s1. The summed E-state index contributed by atoms with van der Waals surface area (Å²) in [7, 11) is 0. The van der Waals surface area contributed by atoms with Crippen molar-refractivity contribution in [3.8, 4) is 0 Å². The van der Waals surface area contributed by atoms with Crippen LogP contribution in [-0.4, -0.2) is 33.1 Å². The van der Waals surface area contributed by atoms with Gasteiger partial charge < -0.3 is 10.2 Å². The van der Waals surface area contributed by atoms with E-state index in [-0.39, 0.29) is 43.0 Å². The number of carbonyl (C=O) groups is 2. The molecule has 0 saturated carbocycles. The molecule has 3 heterocycles. The first kappa shape index (κ1) is 24.6. The number of anilines is 2. The number of hydrogen-bond acceptors (Lipinski definition) is 4. The van der Waals surface area contributed by atoms with Crippen LogP contribution < -0.4 is 10.2 Å². The van der Waals surface area contributed by atoms with Gasteiger partial charge in [-0.2, -0.15) is 31.8 Å². The van der Waals surface area contributed by atoms with Gasteiger partial charge >= 0.3 is 6.18 Å². The summed E-state index contributed by atoms with van der Waals surface area (Å²) >= 11 is 5.84. The average molecular weight is 498 g/mol. The Morgan fingerprint density at radius 1 is 1.24 bits per heavy atom. The molecule has 1 aliphatic heterocycles. The first-order valence-electron chi connectivity index (χ1n) is 9.56. The Kier molecular flexibility index (Phi) is 6.75. The fourth-order valence-corrected chi connectivity index (χ4v) is 3.82. The fourth-order valence-electron chi connectivity index (χ4n) is 3.54. The molecule has 2 amide bonds. The molecule has 0 aliphatic carbocycles. The van der Waals surface area contributed by atoms with Gasteiger partial charge in [-0.3, -0.25) is 19.3 Å². The summed E-state index contributed by atoms with van der Waals surface area (Å²) < 4.78 is 40.6. The molecule has 12 heteroatoms. The summed E-state index contributed by atoms with van der Waals surface area (Å²) in [6.45, 7) is 3.74. The van der Waals surface area contributed by atoms with Crippen LogP contribution in [0.2, 0.25) is 5.02 Å². The number of nitrogens with one attached hydrogen (secondary N) is 1. The molecule has 3 aromatic rings. The predicted octanol–water partition coefficient (Wildman–Crippen LogP) is 4.85. The zero-order chi connectivity index (χ0) is 23.2. The molecule has 1 aliphatic rings. The number of halogens is 4. The van der Waals surface area contributed by atoms with Gasteiger partial charge in [-0.05, 0) is 43.7 Å². The molecule has 4 rings (SSSR count). The molecule has 0 spiro atoms. The van der Waals surface area contributed by atoms with Crippen molar-refractivity contribution in [2.24, 2.45) is 0 Å². The van der Waals surface area contributed by atoms with Crippen LogP contribution in [0.15, 0.2) is 42.9 Å². The number of aryl methyl sites for hydroxylation is 1. The van der Waals surface area contributed by atoms with Crippen molar-refractivity contribution in [2.75, 3.05) is 16.8 Å². The van der Waals surface area contributed by atoms with E-state index in [4.69, 9.17) is 11.6 Å². The first-order valence-corrected chi connectivity index (χ1v) is 9.93. The van der Waals surface area contributed by atoms with Crippen molar-refractivity contribution in [1.82, 2.24) is 14.8 Å². The number of aromatic nitrogens is 3. The summed E-state index contributed by atoms with van der Waals surface area (Å²) in [5.74, 6) is -1.11. The van der Waals surface area contributed by atoms with E-state index >= 15 is 0 Å². The molecule has 7 nitrogen and oxygen atoms in total. The molecule has 0 bridgehead atoms. The van der Waals surface area contributed by atoms with Gasteiger partial charge in [-0.15, -0.1) is 0 Å². The molecule has 2 aromatic heterocycles. The Bertz CT molecular complexity index is 1230. The zero-order valence-corrected chi connectivity index (χ0v) is 19.2. The molecule has 1 atom stereocenters. The second-order valence-electron chi connectivity index (χ2n) is 7.42. The highest BCUT2D eigenvalue weighted by Gasteiger charge is 2.37. The third-order valence-electron chi connectivity index (χ3n) is 5.21. The third kappa shape index (κ3) is 4.55. The Balaban J connectivity index is 0.00000306. The summed E-state index contributed by atoms with van der Waals surface area (Å²) in [5, 5.41) is 6.38. The highest BCUT2D eigenvalue weighted by Crippen LogP contribution is 2.37. The molecule has 0 unspecified atom stereocenters. The van der Waals surface area contributed by atoms with Gasteiger partial charge in [0.15, 0.2) is 0 Å². The van der Waals surface area contributed by atoms with Gasteiger partial charge in [-0.1, -0.05) is 11.6 Å². The molecular weight excluding hydrogens is 479 g/mol. The van der Waals surface area contributed by atoms with Crippen molar-refractivity contribution in [1.29, 1.82) is 0 Å². The molecular formula is C21H19ClF3N5O2S. The van der Waals surface area contributed by atoms with Crippen LogP contribution in [0.25, 0.3) is 0 Å². The van der Waals surface area contributed by atoms with Crippen molar-refractivity contribution in [3.05, 3.63) is 70.3 Å². The number of amides is 2. The van der Waals surface area contributed by atoms with Gasteiger partial charge in [0.05, 0.1) is 40.3 Å². The van der Waals surface area contributed by atoms with Crippen LogP contribution in [0.5, 0.6) is 0 Å². The minimum absolute atomic E-state index is 0. The maximum Gasteiger partial charge on any atom is 0.417 e. The van der Waals surface area contributed by atoms with Gasteiger partial charge in [0.2, 0.25) is 0 Å². The number of alkyl halides is 3. The predicted molar refractivity (Wildman–Crippen MR) is 122 cm³/mol. The molecule has 1 N–H and O–H groups in total. The van der Waals surface area contributed by atoms with E-state index in [1.807, 2.05) is 0 Å². The van der Waals surface area contributed by atoms with E-state index in [0.717, 1.165) is 17.7 Å². The van der Waals surface area contributed by atoms with E-state index in [2.05, 4.69) is 15.4 Å². The number of benzene rings is 1. The molecule has 0 saturated heterocycles. The van der Waals surface area contributed by atoms with E-state index in [1.165, 1.54) is 28.0 Å². The third-order valence-corrected chi connectivity index (χ3v) is 5.52. The number of hydrogen-bond donors (Lipinski definition) is 1. The quantitative estimate of drug-likeness (QED) is 0.561. The van der Waals surface area contributed by atoms with Crippen LogP contribution >= 0.6 is 25.1 Å². The molecule has 33 heavy (non-hydrogen) atoms. The van der Waals surface area contributed by atoms with E-state index in [0.29, 0.717) is 5.69 Å².